The summed E-state index contributed by atoms with van der Waals surface area (Å²) in [4.78, 5) is 15.0. The first-order valence-electron chi connectivity index (χ1n) is 6.16. The van der Waals surface area contributed by atoms with E-state index in [1.165, 1.54) is 7.11 Å². The first-order valence-corrected chi connectivity index (χ1v) is 6.53. The van der Waals surface area contributed by atoms with Gasteiger partial charge in [0.1, 0.15) is 0 Å². The van der Waals surface area contributed by atoms with Crippen molar-refractivity contribution < 1.29 is 14.3 Å². The number of hydrogen-bond donors (Lipinski definition) is 0. The van der Waals surface area contributed by atoms with Crippen molar-refractivity contribution in [2.45, 2.75) is 13.0 Å². The van der Waals surface area contributed by atoms with Gasteiger partial charge in [-0.3, -0.25) is 4.79 Å². The second-order valence-corrected chi connectivity index (χ2v) is 4.58. The summed E-state index contributed by atoms with van der Waals surface area (Å²) in [5.74, 6) is 0.889. The van der Waals surface area contributed by atoms with Gasteiger partial charge in [-0.1, -0.05) is 11.6 Å². The molecule has 0 atom stereocenters. The lowest BCUT2D eigenvalue weighted by Gasteiger charge is -2.13. The molecule has 6 heteroatoms. The summed E-state index contributed by atoms with van der Waals surface area (Å²) in [7, 11) is 1.51. The average Bonchev–Trinajstić information content (AvgIpc) is 2.97. The molecular weight excluding hydrogens is 280 g/mol. The van der Waals surface area contributed by atoms with Gasteiger partial charge in [-0.05, 0) is 12.5 Å². The summed E-state index contributed by atoms with van der Waals surface area (Å²) in [5, 5.41) is 0.440. The molecule has 0 aliphatic heterocycles. The maximum Gasteiger partial charge on any atom is 0.171 e. The maximum absolute atomic E-state index is 11.1. The number of carbonyl (C=O) groups is 1. The Bertz CT molecular complexity index is 570. The van der Waals surface area contributed by atoms with Crippen LogP contribution in [0.4, 0.5) is 0 Å². The van der Waals surface area contributed by atoms with Crippen LogP contribution in [0.5, 0.6) is 11.5 Å². The van der Waals surface area contributed by atoms with E-state index < -0.39 is 0 Å². The number of halogens is 1. The quantitative estimate of drug-likeness (QED) is 0.582. The molecule has 1 heterocycles. The Hall–Kier alpha value is -2.01. The monoisotopic (exact) mass is 294 g/mol. The highest BCUT2D eigenvalue weighted by atomic mass is 35.5. The van der Waals surface area contributed by atoms with Gasteiger partial charge in [0.2, 0.25) is 0 Å². The van der Waals surface area contributed by atoms with Crippen LogP contribution in [0.25, 0.3) is 0 Å². The lowest BCUT2D eigenvalue weighted by molar-refractivity contribution is 0.111. The van der Waals surface area contributed by atoms with Crippen molar-refractivity contribution in [1.82, 2.24) is 9.55 Å². The predicted octanol–water partition coefficient (Wildman–Crippen LogP) is 2.83. The summed E-state index contributed by atoms with van der Waals surface area (Å²) in [6.07, 6.45) is 6.87. The number of imidazole rings is 1. The Morgan fingerprint density at radius 3 is 2.95 bits per heavy atom. The zero-order valence-electron chi connectivity index (χ0n) is 11.1. The van der Waals surface area contributed by atoms with Crippen LogP contribution in [0.1, 0.15) is 16.8 Å². The Kier molecular flexibility index (Phi) is 5.01. The molecule has 20 heavy (non-hydrogen) atoms. The van der Waals surface area contributed by atoms with Crippen LogP contribution in [0.2, 0.25) is 5.02 Å². The number of benzene rings is 1. The van der Waals surface area contributed by atoms with Crippen LogP contribution in [-0.4, -0.2) is 29.6 Å². The van der Waals surface area contributed by atoms with Crippen molar-refractivity contribution in [3.8, 4) is 11.5 Å². The van der Waals surface area contributed by atoms with Gasteiger partial charge in [-0.25, -0.2) is 4.98 Å². The van der Waals surface area contributed by atoms with Crippen molar-refractivity contribution in [1.29, 1.82) is 0 Å². The van der Waals surface area contributed by atoms with Crippen LogP contribution in [0.15, 0.2) is 30.9 Å². The molecule has 2 aromatic rings. The molecule has 0 aliphatic rings. The third kappa shape index (κ3) is 3.51. The molecule has 0 saturated carbocycles. The highest BCUT2D eigenvalue weighted by Crippen LogP contribution is 2.33. The first kappa shape index (κ1) is 14.4. The van der Waals surface area contributed by atoms with Gasteiger partial charge in [0.05, 0.1) is 25.6 Å². The summed E-state index contributed by atoms with van der Waals surface area (Å²) < 4.78 is 12.8. The Balaban J connectivity index is 1.99. The number of aromatic nitrogens is 2. The average molecular weight is 295 g/mol. The Morgan fingerprint density at radius 1 is 1.45 bits per heavy atom. The van der Waals surface area contributed by atoms with E-state index in [2.05, 4.69) is 4.98 Å². The Labute approximate surface area is 122 Å². The molecule has 2 rings (SSSR count). The zero-order chi connectivity index (χ0) is 14.4. The van der Waals surface area contributed by atoms with Crippen molar-refractivity contribution >= 4 is 17.9 Å². The normalized spacial score (nSPS) is 10.3. The van der Waals surface area contributed by atoms with Gasteiger partial charge >= 0.3 is 0 Å². The molecule has 0 spiro atoms. The lowest BCUT2D eigenvalue weighted by atomic mass is 10.2. The van der Waals surface area contributed by atoms with Crippen molar-refractivity contribution in [3.63, 3.8) is 0 Å². The molecule has 0 fully saturated rings. The number of ether oxygens (including phenoxy) is 2. The van der Waals surface area contributed by atoms with Crippen molar-refractivity contribution in [2.75, 3.05) is 13.7 Å². The van der Waals surface area contributed by atoms with E-state index in [4.69, 9.17) is 21.1 Å². The van der Waals surface area contributed by atoms with Gasteiger partial charge in [-0.15, -0.1) is 0 Å². The van der Waals surface area contributed by atoms with Crippen LogP contribution >= 0.6 is 11.6 Å². The van der Waals surface area contributed by atoms with Gasteiger partial charge < -0.3 is 14.0 Å². The van der Waals surface area contributed by atoms with Gasteiger partial charge in [0, 0.05) is 30.0 Å². The highest BCUT2D eigenvalue weighted by Gasteiger charge is 2.12. The van der Waals surface area contributed by atoms with E-state index in [-0.39, 0.29) is 0 Å². The second-order valence-electron chi connectivity index (χ2n) is 4.15. The molecule has 0 radical (unpaired) electrons. The van der Waals surface area contributed by atoms with Gasteiger partial charge in [0.25, 0.3) is 0 Å². The maximum atomic E-state index is 11.1. The molecule has 0 unspecified atom stereocenters. The largest absolute Gasteiger partial charge is 0.493 e. The molecule has 0 saturated heterocycles. The molecular formula is C14H15ClN2O3. The summed E-state index contributed by atoms with van der Waals surface area (Å²) in [6, 6.07) is 3.18. The smallest absolute Gasteiger partial charge is 0.171 e. The van der Waals surface area contributed by atoms with E-state index in [9.17, 15) is 4.79 Å². The van der Waals surface area contributed by atoms with E-state index in [1.807, 2.05) is 10.8 Å². The van der Waals surface area contributed by atoms with Crippen molar-refractivity contribution in [2.24, 2.45) is 0 Å². The summed E-state index contributed by atoms with van der Waals surface area (Å²) in [6.45, 7) is 1.27. The first-order chi connectivity index (χ1) is 9.74. The van der Waals surface area contributed by atoms with Gasteiger partial charge in [0.15, 0.2) is 17.8 Å². The number of aryl methyl sites for hydroxylation is 1. The Morgan fingerprint density at radius 2 is 2.30 bits per heavy atom. The molecule has 0 aliphatic carbocycles. The number of rotatable bonds is 7. The number of nitrogens with zero attached hydrogens (tertiary/aromatic N) is 2. The minimum absolute atomic E-state index is 0.386. The van der Waals surface area contributed by atoms with Crippen molar-refractivity contribution in [3.05, 3.63) is 41.4 Å². The molecule has 5 nitrogen and oxygen atoms in total. The van der Waals surface area contributed by atoms with E-state index in [1.54, 1.807) is 24.7 Å². The molecule has 106 valence electrons. The summed E-state index contributed by atoms with van der Waals surface area (Å²) >= 11 is 5.90. The number of methoxy groups -OCH3 is 1. The van der Waals surface area contributed by atoms with E-state index in [0.717, 1.165) is 13.0 Å². The topological polar surface area (TPSA) is 53.4 Å². The van der Waals surface area contributed by atoms with Crippen LogP contribution < -0.4 is 9.47 Å². The van der Waals surface area contributed by atoms with Crippen LogP contribution in [-0.2, 0) is 6.54 Å². The highest BCUT2D eigenvalue weighted by molar-refractivity contribution is 6.31. The standard InChI is InChI=1S/C14H15ClN2O3/c1-19-13-8-12(15)7-11(9-18)14(13)20-6-2-4-17-5-3-16-10-17/h3,5,7-10H,2,4,6H2,1H3. The lowest BCUT2D eigenvalue weighted by Crippen LogP contribution is -2.05. The minimum atomic E-state index is 0.386. The zero-order valence-corrected chi connectivity index (χ0v) is 11.8. The van der Waals surface area contributed by atoms with Crippen LogP contribution in [0, 0.1) is 0 Å². The summed E-state index contributed by atoms with van der Waals surface area (Å²) in [5.41, 5.74) is 0.386. The van der Waals surface area contributed by atoms with E-state index in [0.29, 0.717) is 35.0 Å². The molecule has 1 aromatic carbocycles. The second kappa shape index (κ2) is 6.96. The van der Waals surface area contributed by atoms with Gasteiger partial charge in [-0.2, -0.15) is 0 Å². The molecule has 0 N–H and O–H groups in total. The third-order valence-electron chi connectivity index (χ3n) is 2.76. The SMILES string of the molecule is COc1cc(Cl)cc(C=O)c1OCCCn1ccnc1. The molecule has 0 amide bonds. The fourth-order valence-electron chi connectivity index (χ4n) is 1.82. The molecule has 0 bridgehead atoms. The minimum Gasteiger partial charge on any atom is -0.493 e. The fraction of sp³-hybridized carbons (Fsp3) is 0.286. The van der Waals surface area contributed by atoms with Crippen LogP contribution in [0.3, 0.4) is 0 Å². The third-order valence-corrected chi connectivity index (χ3v) is 2.98. The molecule has 1 aromatic heterocycles. The number of hydrogen-bond acceptors (Lipinski definition) is 4. The van der Waals surface area contributed by atoms with E-state index >= 15 is 0 Å². The number of carbonyl (C=O) groups excluding carboxylic acids is 1. The predicted molar refractivity (Wildman–Crippen MR) is 75.7 cm³/mol. The number of aldehydes is 1. The fourth-order valence-corrected chi connectivity index (χ4v) is 2.04.